The standard InChI is InChI=1S/C22H20N2O/c1-24(20-13-11-16-6-2-3-10-19(16)20)21(25)14-12-18-8-4-7-17-9-5-15-23-22(17)18/h2-10,12,14-15,20H,11,13H2,1H3/b14-12+. The summed E-state index contributed by atoms with van der Waals surface area (Å²) in [4.78, 5) is 19.0. The number of para-hydroxylation sites is 1. The summed E-state index contributed by atoms with van der Waals surface area (Å²) in [6.45, 7) is 0. The summed E-state index contributed by atoms with van der Waals surface area (Å²) >= 11 is 0. The topological polar surface area (TPSA) is 33.2 Å². The van der Waals surface area contributed by atoms with Crippen molar-refractivity contribution in [3.63, 3.8) is 0 Å². The summed E-state index contributed by atoms with van der Waals surface area (Å²) in [6.07, 6.45) is 7.34. The van der Waals surface area contributed by atoms with Crippen molar-refractivity contribution in [3.05, 3.63) is 83.6 Å². The van der Waals surface area contributed by atoms with Crippen molar-refractivity contribution >= 4 is 22.9 Å². The van der Waals surface area contributed by atoms with Gasteiger partial charge < -0.3 is 4.90 Å². The molecule has 4 rings (SSSR count). The van der Waals surface area contributed by atoms with E-state index in [0.717, 1.165) is 29.3 Å². The second kappa shape index (κ2) is 6.52. The average Bonchev–Trinajstić information content (AvgIpc) is 3.09. The molecule has 25 heavy (non-hydrogen) atoms. The van der Waals surface area contributed by atoms with Crippen LogP contribution in [0.15, 0.2) is 66.9 Å². The Morgan fingerprint density at radius 1 is 1.12 bits per heavy atom. The zero-order valence-electron chi connectivity index (χ0n) is 14.2. The number of nitrogens with zero attached hydrogens (tertiary/aromatic N) is 2. The molecule has 1 aliphatic rings. The van der Waals surface area contributed by atoms with Gasteiger partial charge in [-0.2, -0.15) is 0 Å². The average molecular weight is 328 g/mol. The van der Waals surface area contributed by atoms with Gasteiger partial charge in [0.2, 0.25) is 5.91 Å². The smallest absolute Gasteiger partial charge is 0.246 e. The summed E-state index contributed by atoms with van der Waals surface area (Å²) < 4.78 is 0. The molecule has 3 nitrogen and oxygen atoms in total. The highest BCUT2D eigenvalue weighted by atomic mass is 16.2. The fraction of sp³-hybridized carbons (Fsp3) is 0.182. The van der Waals surface area contributed by atoms with Crippen LogP contribution in [-0.4, -0.2) is 22.8 Å². The highest BCUT2D eigenvalue weighted by molar-refractivity contribution is 5.95. The van der Waals surface area contributed by atoms with Gasteiger partial charge in [0.1, 0.15) is 0 Å². The Labute approximate surface area is 147 Å². The molecular formula is C22H20N2O. The molecule has 0 saturated heterocycles. The van der Waals surface area contributed by atoms with E-state index in [4.69, 9.17) is 0 Å². The Hall–Kier alpha value is -2.94. The number of pyridine rings is 1. The molecule has 1 atom stereocenters. The molecule has 124 valence electrons. The fourth-order valence-electron chi connectivity index (χ4n) is 3.63. The summed E-state index contributed by atoms with van der Waals surface area (Å²) in [6, 6.07) is 18.5. The molecule has 2 aromatic carbocycles. The van der Waals surface area contributed by atoms with Crippen molar-refractivity contribution in [2.24, 2.45) is 0 Å². The van der Waals surface area contributed by atoms with Gasteiger partial charge in [-0.05, 0) is 36.1 Å². The molecule has 1 unspecified atom stereocenters. The van der Waals surface area contributed by atoms with Crippen LogP contribution in [-0.2, 0) is 11.2 Å². The fourth-order valence-corrected chi connectivity index (χ4v) is 3.63. The lowest BCUT2D eigenvalue weighted by Crippen LogP contribution is -2.28. The van der Waals surface area contributed by atoms with E-state index >= 15 is 0 Å². The molecule has 1 heterocycles. The number of aryl methyl sites for hydroxylation is 1. The van der Waals surface area contributed by atoms with Crippen LogP contribution in [0, 0.1) is 0 Å². The zero-order chi connectivity index (χ0) is 17.2. The highest BCUT2D eigenvalue weighted by Crippen LogP contribution is 2.34. The number of aromatic nitrogens is 1. The largest absolute Gasteiger partial charge is 0.335 e. The zero-order valence-corrected chi connectivity index (χ0v) is 14.2. The molecular weight excluding hydrogens is 308 g/mol. The Morgan fingerprint density at radius 2 is 1.96 bits per heavy atom. The first-order valence-corrected chi connectivity index (χ1v) is 8.60. The molecule has 0 bridgehead atoms. The van der Waals surface area contributed by atoms with Crippen molar-refractivity contribution in [3.8, 4) is 0 Å². The summed E-state index contributed by atoms with van der Waals surface area (Å²) in [7, 11) is 1.89. The number of likely N-dealkylation sites (N-methyl/N-ethyl adjacent to an activating group) is 1. The van der Waals surface area contributed by atoms with Crippen LogP contribution in [0.5, 0.6) is 0 Å². The van der Waals surface area contributed by atoms with Crippen molar-refractivity contribution in [2.75, 3.05) is 7.05 Å². The molecule has 0 spiro atoms. The molecule has 0 fully saturated rings. The van der Waals surface area contributed by atoms with Gasteiger partial charge >= 0.3 is 0 Å². The molecule has 3 aromatic rings. The molecule has 0 N–H and O–H groups in total. The Bertz CT molecular complexity index is 956. The lowest BCUT2D eigenvalue weighted by molar-refractivity contribution is -0.126. The van der Waals surface area contributed by atoms with Crippen molar-refractivity contribution in [1.29, 1.82) is 0 Å². The third-order valence-corrected chi connectivity index (χ3v) is 4.99. The number of carbonyl (C=O) groups excluding carboxylic acids is 1. The maximum Gasteiger partial charge on any atom is 0.246 e. The number of amides is 1. The van der Waals surface area contributed by atoms with Gasteiger partial charge in [0.25, 0.3) is 0 Å². The van der Waals surface area contributed by atoms with E-state index in [2.05, 4.69) is 23.2 Å². The van der Waals surface area contributed by atoms with Crippen molar-refractivity contribution in [2.45, 2.75) is 18.9 Å². The first kappa shape index (κ1) is 15.6. The third-order valence-electron chi connectivity index (χ3n) is 4.99. The molecule has 1 amide bonds. The molecule has 0 radical (unpaired) electrons. The van der Waals surface area contributed by atoms with Crippen LogP contribution in [0.4, 0.5) is 0 Å². The normalized spacial score (nSPS) is 16.3. The van der Waals surface area contributed by atoms with Gasteiger partial charge in [-0.25, -0.2) is 0 Å². The van der Waals surface area contributed by atoms with E-state index in [1.165, 1.54) is 11.1 Å². The number of hydrogen-bond donors (Lipinski definition) is 0. The Morgan fingerprint density at radius 3 is 2.88 bits per heavy atom. The number of fused-ring (bicyclic) bond motifs is 2. The van der Waals surface area contributed by atoms with E-state index in [1.807, 2.05) is 54.4 Å². The van der Waals surface area contributed by atoms with Crippen LogP contribution in [0.2, 0.25) is 0 Å². The summed E-state index contributed by atoms with van der Waals surface area (Å²) in [5.41, 5.74) is 4.52. The molecule has 3 heteroatoms. The SMILES string of the molecule is CN(C(=O)/C=C/c1cccc2cccnc12)C1CCc2ccccc21. The quantitative estimate of drug-likeness (QED) is 0.668. The van der Waals surface area contributed by atoms with Crippen LogP contribution in [0.1, 0.15) is 29.2 Å². The predicted octanol–water partition coefficient (Wildman–Crippen LogP) is 4.39. The minimum atomic E-state index is 0.0228. The first-order valence-electron chi connectivity index (χ1n) is 8.60. The molecule has 1 aromatic heterocycles. The lowest BCUT2D eigenvalue weighted by Gasteiger charge is -2.24. The Balaban J connectivity index is 1.56. The van der Waals surface area contributed by atoms with Gasteiger partial charge in [-0.3, -0.25) is 9.78 Å². The van der Waals surface area contributed by atoms with Crippen LogP contribution in [0.25, 0.3) is 17.0 Å². The van der Waals surface area contributed by atoms with Crippen LogP contribution < -0.4 is 0 Å². The van der Waals surface area contributed by atoms with Gasteiger partial charge in [0, 0.05) is 30.3 Å². The molecule has 1 aliphatic carbocycles. The van der Waals surface area contributed by atoms with Gasteiger partial charge in [0.05, 0.1) is 11.6 Å². The maximum absolute atomic E-state index is 12.7. The predicted molar refractivity (Wildman–Crippen MR) is 101 cm³/mol. The number of rotatable bonds is 3. The van der Waals surface area contributed by atoms with Crippen molar-refractivity contribution < 1.29 is 4.79 Å². The number of benzene rings is 2. The van der Waals surface area contributed by atoms with E-state index in [0.29, 0.717) is 0 Å². The second-order valence-electron chi connectivity index (χ2n) is 6.46. The molecule has 0 saturated carbocycles. The first-order chi connectivity index (χ1) is 12.2. The summed E-state index contributed by atoms with van der Waals surface area (Å²) in [5.74, 6) is 0.0228. The van der Waals surface area contributed by atoms with E-state index in [9.17, 15) is 4.79 Å². The maximum atomic E-state index is 12.7. The van der Waals surface area contributed by atoms with E-state index < -0.39 is 0 Å². The van der Waals surface area contributed by atoms with Crippen LogP contribution in [0.3, 0.4) is 0 Å². The number of carbonyl (C=O) groups is 1. The minimum absolute atomic E-state index is 0.0228. The molecule has 0 aliphatic heterocycles. The minimum Gasteiger partial charge on any atom is -0.335 e. The van der Waals surface area contributed by atoms with Crippen LogP contribution >= 0.6 is 0 Å². The van der Waals surface area contributed by atoms with Gasteiger partial charge in [-0.15, -0.1) is 0 Å². The number of hydrogen-bond acceptors (Lipinski definition) is 2. The van der Waals surface area contributed by atoms with E-state index in [-0.39, 0.29) is 11.9 Å². The van der Waals surface area contributed by atoms with Crippen molar-refractivity contribution in [1.82, 2.24) is 9.88 Å². The second-order valence-corrected chi connectivity index (χ2v) is 6.46. The van der Waals surface area contributed by atoms with E-state index in [1.54, 1.807) is 12.3 Å². The monoisotopic (exact) mass is 328 g/mol. The lowest BCUT2D eigenvalue weighted by atomic mass is 10.1. The third kappa shape index (κ3) is 2.93. The highest BCUT2D eigenvalue weighted by Gasteiger charge is 2.27. The van der Waals surface area contributed by atoms with Gasteiger partial charge in [-0.1, -0.05) is 48.5 Å². The Kier molecular flexibility index (Phi) is 4.06. The summed E-state index contributed by atoms with van der Waals surface area (Å²) in [5, 5.41) is 1.08. The van der Waals surface area contributed by atoms with Gasteiger partial charge in [0.15, 0.2) is 0 Å².